The van der Waals surface area contributed by atoms with Crippen LogP contribution in [0.3, 0.4) is 0 Å². The molecule has 0 N–H and O–H groups in total. The van der Waals surface area contributed by atoms with Crippen molar-refractivity contribution in [3.63, 3.8) is 0 Å². The first kappa shape index (κ1) is 30.3. The van der Waals surface area contributed by atoms with Gasteiger partial charge in [0.1, 0.15) is 0 Å². The van der Waals surface area contributed by atoms with E-state index in [1.54, 1.807) is 36.4 Å². The van der Waals surface area contributed by atoms with Crippen LogP contribution in [0, 0.1) is 0 Å². The summed E-state index contributed by atoms with van der Waals surface area (Å²) >= 11 is 6.40. The van der Waals surface area contributed by atoms with Crippen molar-refractivity contribution in [1.29, 1.82) is 0 Å². The molecule has 8 heteroatoms. The molecule has 2 aliphatic heterocycles. The molecule has 0 bridgehead atoms. The van der Waals surface area contributed by atoms with Crippen LogP contribution in [-0.4, -0.2) is 49.3 Å². The molecular weight excluding hydrogens is 564 g/mol. The van der Waals surface area contributed by atoms with E-state index in [2.05, 4.69) is 46.2 Å². The lowest BCUT2D eigenvalue weighted by Gasteiger charge is -2.30. The van der Waals surface area contributed by atoms with Gasteiger partial charge in [-0.25, -0.2) is 9.59 Å². The number of likely N-dealkylation sites (N-methyl/N-ethyl adjacent to an activating group) is 1. The molecule has 0 saturated heterocycles. The molecule has 222 valence electrons. The highest BCUT2D eigenvalue weighted by molar-refractivity contribution is 6.30. The molecule has 2 heterocycles. The zero-order valence-electron chi connectivity index (χ0n) is 24.2. The molecule has 0 radical (unpaired) electrons. The summed E-state index contributed by atoms with van der Waals surface area (Å²) in [6.07, 6.45) is 8.87. The fraction of sp³-hybridized carbons (Fsp3) is 0.286. The van der Waals surface area contributed by atoms with Gasteiger partial charge < -0.3 is 19.3 Å². The number of carbonyl (C=O) groups is 3. The van der Waals surface area contributed by atoms with Crippen molar-refractivity contribution in [2.24, 2.45) is 0 Å². The molecule has 5 rings (SSSR count). The van der Waals surface area contributed by atoms with Crippen LogP contribution in [-0.2, 0) is 42.5 Å². The summed E-state index contributed by atoms with van der Waals surface area (Å²) in [5, 5.41) is 0.742. The second-order valence-electron chi connectivity index (χ2n) is 10.9. The van der Waals surface area contributed by atoms with Gasteiger partial charge in [0.25, 0.3) is 5.79 Å². The summed E-state index contributed by atoms with van der Waals surface area (Å²) in [6.45, 7) is 2.29. The number of esters is 2. The smallest absolute Gasteiger partial charge is 0.334 e. The number of allylic oxidation sites excluding steroid dienone is 1. The first-order chi connectivity index (χ1) is 20.8. The predicted octanol–water partition coefficient (Wildman–Crippen LogP) is 6.31. The zero-order valence-corrected chi connectivity index (χ0v) is 25.0. The molecule has 0 aromatic heterocycles. The number of aryl methyl sites for hydroxylation is 2. The number of unbranched alkanes of at least 4 members (excludes halogenated alkanes) is 1. The summed E-state index contributed by atoms with van der Waals surface area (Å²) < 4.78 is 11.0. The molecule has 7 nitrogen and oxygen atoms in total. The summed E-state index contributed by atoms with van der Waals surface area (Å²) in [5.74, 6) is -3.64. The van der Waals surface area contributed by atoms with Gasteiger partial charge in [0.15, 0.2) is 5.78 Å². The highest BCUT2D eigenvalue weighted by atomic mass is 35.5. The van der Waals surface area contributed by atoms with Crippen molar-refractivity contribution in [2.75, 3.05) is 31.6 Å². The zero-order chi connectivity index (χ0) is 30.2. The number of halogens is 1. The van der Waals surface area contributed by atoms with Crippen molar-refractivity contribution in [3.8, 4) is 0 Å². The van der Waals surface area contributed by atoms with Gasteiger partial charge in [0, 0.05) is 47.2 Å². The Morgan fingerprint density at radius 1 is 0.907 bits per heavy atom. The number of nitrogens with zero attached hydrogens (tertiary/aromatic N) is 2. The first-order valence-electron chi connectivity index (χ1n) is 14.5. The number of cyclic esters (lactones) is 2. The second kappa shape index (κ2) is 13.8. The molecule has 0 aliphatic carbocycles. The molecule has 3 aromatic rings. The van der Waals surface area contributed by atoms with E-state index in [4.69, 9.17) is 21.1 Å². The Hall–Kier alpha value is -4.20. The lowest BCUT2D eigenvalue weighted by Crippen LogP contribution is -2.37. The number of hydrogen-bond donors (Lipinski definition) is 0. The van der Waals surface area contributed by atoms with Gasteiger partial charge in [-0.3, -0.25) is 4.79 Å². The molecular formula is C35H35ClN2O5. The molecule has 0 saturated carbocycles. The van der Waals surface area contributed by atoms with Crippen molar-refractivity contribution >= 4 is 40.7 Å². The highest BCUT2D eigenvalue weighted by Gasteiger charge is 2.43. The molecule has 3 aromatic carbocycles. The second-order valence-corrected chi connectivity index (χ2v) is 11.3. The van der Waals surface area contributed by atoms with Crippen LogP contribution in [0.1, 0.15) is 36.0 Å². The monoisotopic (exact) mass is 598 g/mol. The molecule has 2 aliphatic rings. The van der Waals surface area contributed by atoms with Crippen LogP contribution in [0.25, 0.3) is 0 Å². The Labute approximate surface area is 257 Å². The van der Waals surface area contributed by atoms with Crippen molar-refractivity contribution < 1.29 is 23.9 Å². The van der Waals surface area contributed by atoms with Gasteiger partial charge in [-0.05, 0) is 74.7 Å². The number of anilines is 2. The minimum atomic E-state index is -1.82. The summed E-state index contributed by atoms with van der Waals surface area (Å²) in [5.41, 5.74) is 5.50. The number of benzene rings is 3. The van der Waals surface area contributed by atoms with Crippen LogP contribution in [0.2, 0.25) is 5.02 Å². The van der Waals surface area contributed by atoms with E-state index in [0.29, 0.717) is 12.1 Å². The highest BCUT2D eigenvalue weighted by Crippen LogP contribution is 2.38. The largest absolute Gasteiger partial charge is 0.414 e. The van der Waals surface area contributed by atoms with E-state index in [0.717, 1.165) is 55.9 Å². The normalized spacial score (nSPS) is 15.8. The molecule has 0 amide bonds. The molecule has 0 fully saturated rings. The Morgan fingerprint density at radius 2 is 1.58 bits per heavy atom. The van der Waals surface area contributed by atoms with Gasteiger partial charge in [0.2, 0.25) is 0 Å². The third-order valence-corrected chi connectivity index (χ3v) is 7.92. The van der Waals surface area contributed by atoms with E-state index < -0.39 is 17.7 Å². The average Bonchev–Trinajstić information content (AvgIpc) is 3.24. The van der Waals surface area contributed by atoms with E-state index in [1.165, 1.54) is 28.6 Å². The SMILES string of the molecule is CN(C/C=C/C(=O)CC1(c2ccccc2)OC(=O)C=CC(=O)O1)CCCCN1c2ccccc2CCc2ccc(Cl)cc21. The van der Waals surface area contributed by atoms with Gasteiger partial charge in [-0.1, -0.05) is 72.3 Å². The predicted molar refractivity (Wildman–Crippen MR) is 167 cm³/mol. The summed E-state index contributed by atoms with van der Waals surface area (Å²) in [6, 6.07) is 23.3. The molecule has 0 unspecified atom stereocenters. The fourth-order valence-corrected chi connectivity index (χ4v) is 5.72. The molecule has 43 heavy (non-hydrogen) atoms. The Morgan fingerprint density at radius 3 is 2.33 bits per heavy atom. The maximum atomic E-state index is 13.0. The van der Waals surface area contributed by atoms with Crippen LogP contribution < -0.4 is 4.90 Å². The van der Waals surface area contributed by atoms with Crippen LogP contribution in [0.15, 0.2) is 97.1 Å². The van der Waals surface area contributed by atoms with E-state index in [1.807, 2.05) is 13.1 Å². The number of fused-ring (bicyclic) bond motifs is 2. The molecule has 0 spiro atoms. The quantitative estimate of drug-likeness (QED) is 0.145. The van der Waals surface area contributed by atoms with Crippen molar-refractivity contribution in [1.82, 2.24) is 4.90 Å². The number of rotatable bonds is 11. The maximum absolute atomic E-state index is 13.0. The van der Waals surface area contributed by atoms with E-state index in [9.17, 15) is 14.4 Å². The van der Waals surface area contributed by atoms with Gasteiger partial charge in [-0.15, -0.1) is 0 Å². The number of hydrogen-bond acceptors (Lipinski definition) is 7. The lowest BCUT2D eigenvalue weighted by molar-refractivity contribution is -0.226. The summed E-state index contributed by atoms with van der Waals surface area (Å²) in [4.78, 5) is 41.9. The van der Waals surface area contributed by atoms with Crippen LogP contribution in [0.4, 0.5) is 11.4 Å². The van der Waals surface area contributed by atoms with Crippen molar-refractivity contribution in [2.45, 2.75) is 37.9 Å². The first-order valence-corrected chi connectivity index (χ1v) is 14.9. The van der Waals surface area contributed by atoms with Gasteiger partial charge in [0.05, 0.1) is 6.42 Å². The Bertz CT molecular complexity index is 1510. The Kier molecular flexibility index (Phi) is 9.75. The topological polar surface area (TPSA) is 76.1 Å². The van der Waals surface area contributed by atoms with Crippen LogP contribution >= 0.6 is 11.6 Å². The average molecular weight is 599 g/mol. The van der Waals surface area contributed by atoms with Crippen molar-refractivity contribution in [3.05, 3.63) is 119 Å². The minimum Gasteiger partial charge on any atom is -0.414 e. The van der Waals surface area contributed by atoms with E-state index >= 15 is 0 Å². The lowest BCUT2D eigenvalue weighted by atomic mass is 9.99. The summed E-state index contributed by atoms with van der Waals surface area (Å²) in [7, 11) is 2.01. The maximum Gasteiger partial charge on any atom is 0.334 e. The minimum absolute atomic E-state index is 0.320. The van der Waals surface area contributed by atoms with Gasteiger partial charge >= 0.3 is 11.9 Å². The number of ketones is 1. The number of carbonyl (C=O) groups excluding carboxylic acids is 3. The third-order valence-electron chi connectivity index (χ3n) is 7.68. The van der Waals surface area contributed by atoms with Crippen LogP contribution in [0.5, 0.6) is 0 Å². The Balaban J connectivity index is 1.15. The fourth-order valence-electron chi connectivity index (χ4n) is 5.55. The number of ether oxygens (including phenoxy) is 2. The van der Waals surface area contributed by atoms with E-state index in [-0.39, 0.29) is 12.2 Å². The van der Waals surface area contributed by atoms with Gasteiger partial charge in [-0.2, -0.15) is 0 Å². The standard InChI is InChI=1S/C35H35ClN2O5/c1-37(21-7-8-23-38-31-14-6-5-10-26(31)15-16-27-17-18-29(36)24-32(27)38)22-9-13-30(39)25-35(28-11-3-2-4-12-28)42-33(40)19-20-34(41)43-35/h2-6,9-14,17-20,24H,7-8,15-16,21-23,25H2,1H3/b13-9+. The number of para-hydroxylation sites is 1. The third kappa shape index (κ3) is 7.61. The molecule has 0 atom stereocenters.